The van der Waals surface area contributed by atoms with Crippen LogP contribution in [0.3, 0.4) is 0 Å². The summed E-state index contributed by atoms with van der Waals surface area (Å²) in [6.45, 7) is 0. The summed E-state index contributed by atoms with van der Waals surface area (Å²) in [7, 11) is 0. The maximum absolute atomic E-state index is 13.1. The average molecular weight is 326 g/mol. The Labute approximate surface area is 125 Å². The number of nitro groups is 1. The Bertz CT molecular complexity index is 855. The average Bonchev–Trinajstić information content (AvgIpc) is 2.88. The number of halogens is 2. The van der Waals surface area contributed by atoms with Crippen molar-refractivity contribution in [3.63, 3.8) is 0 Å². The third kappa shape index (κ3) is 2.63. The molecule has 2 aromatic heterocycles. The minimum atomic E-state index is -0.730. The highest BCUT2D eigenvalue weighted by Gasteiger charge is 2.19. The molecular weight excluding hydrogens is 321 g/mol. The number of hydrogen-bond donors (Lipinski definition) is 0. The number of aromatic nitrogens is 2. The molecule has 6 nitrogen and oxygen atoms in total. The summed E-state index contributed by atoms with van der Waals surface area (Å²) in [6.07, 6.45) is 0. The van der Waals surface area contributed by atoms with Crippen LogP contribution >= 0.6 is 22.9 Å². The minimum Gasteiger partial charge on any atom is -0.431 e. The second kappa shape index (κ2) is 5.23. The first-order valence-electron chi connectivity index (χ1n) is 5.57. The summed E-state index contributed by atoms with van der Waals surface area (Å²) < 4.78 is 18.5. The lowest BCUT2D eigenvalue weighted by atomic mass is 10.3. The fourth-order valence-electron chi connectivity index (χ4n) is 1.70. The Hall–Kier alpha value is -2.32. The molecule has 0 N–H and O–H groups in total. The lowest BCUT2D eigenvalue weighted by Gasteiger charge is -2.06. The van der Waals surface area contributed by atoms with E-state index in [0.717, 1.165) is 12.1 Å². The zero-order valence-electron chi connectivity index (χ0n) is 10.1. The van der Waals surface area contributed by atoms with Gasteiger partial charge in [0.05, 0.1) is 16.4 Å². The molecule has 0 bridgehead atoms. The Morgan fingerprint density at radius 2 is 2.14 bits per heavy atom. The molecule has 0 aliphatic rings. The van der Waals surface area contributed by atoms with Crippen molar-refractivity contribution in [3.8, 4) is 11.6 Å². The zero-order chi connectivity index (χ0) is 15.0. The highest BCUT2D eigenvalue weighted by Crippen LogP contribution is 2.35. The first kappa shape index (κ1) is 13.7. The molecule has 1 aromatic carbocycles. The molecule has 3 aromatic rings. The van der Waals surface area contributed by atoms with Gasteiger partial charge in [-0.2, -0.15) is 4.98 Å². The van der Waals surface area contributed by atoms with E-state index in [0.29, 0.717) is 10.2 Å². The van der Waals surface area contributed by atoms with E-state index in [4.69, 9.17) is 16.3 Å². The molecule has 2 heterocycles. The molecule has 0 atom stereocenters. The Morgan fingerprint density at radius 1 is 1.33 bits per heavy atom. The number of nitro benzene ring substituents is 1. The summed E-state index contributed by atoms with van der Waals surface area (Å²) in [5.41, 5.74) is -0.492. The topological polar surface area (TPSA) is 78.2 Å². The van der Waals surface area contributed by atoms with Crippen molar-refractivity contribution in [2.24, 2.45) is 0 Å². The molecule has 0 saturated heterocycles. The van der Waals surface area contributed by atoms with Gasteiger partial charge in [-0.1, -0.05) is 0 Å². The molecule has 21 heavy (non-hydrogen) atoms. The summed E-state index contributed by atoms with van der Waals surface area (Å²) in [6, 6.07) is 4.72. The number of benzene rings is 1. The van der Waals surface area contributed by atoms with Crippen LogP contribution in [0, 0.1) is 15.9 Å². The Balaban J connectivity index is 2.10. The van der Waals surface area contributed by atoms with Crippen molar-refractivity contribution in [2.75, 3.05) is 0 Å². The second-order valence-corrected chi connectivity index (χ2v) is 5.14. The fourth-order valence-corrected chi connectivity index (χ4v) is 2.67. The van der Waals surface area contributed by atoms with E-state index >= 15 is 0 Å². The van der Waals surface area contributed by atoms with Crippen LogP contribution in [0.2, 0.25) is 5.28 Å². The van der Waals surface area contributed by atoms with E-state index in [-0.39, 0.29) is 16.9 Å². The quantitative estimate of drug-likeness (QED) is 0.410. The number of nitrogens with zero attached hydrogens (tertiary/aromatic N) is 3. The lowest BCUT2D eigenvalue weighted by molar-refractivity contribution is -0.385. The van der Waals surface area contributed by atoms with Crippen LogP contribution in [-0.4, -0.2) is 14.9 Å². The molecule has 0 aliphatic heterocycles. The SMILES string of the molecule is O=[N+]([O-])c1cc(F)ccc1Oc1nc(Cl)nc2sccc12. The molecular formula is C12H5ClFN3O3S. The highest BCUT2D eigenvalue weighted by atomic mass is 35.5. The molecule has 0 aliphatic carbocycles. The van der Waals surface area contributed by atoms with Crippen LogP contribution in [0.25, 0.3) is 10.2 Å². The molecule has 0 radical (unpaired) electrons. The molecule has 9 heteroatoms. The van der Waals surface area contributed by atoms with E-state index in [1.54, 1.807) is 11.4 Å². The van der Waals surface area contributed by atoms with Crippen molar-refractivity contribution in [1.82, 2.24) is 9.97 Å². The van der Waals surface area contributed by atoms with Crippen LogP contribution in [0.15, 0.2) is 29.6 Å². The summed E-state index contributed by atoms with van der Waals surface area (Å²) in [5.74, 6) is -0.764. The first-order chi connectivity index (χ1) is 10.0. The Morgan fingerprint density at radius 3 is 2.90 bits per heavy atom. The van der Waals surface area contributed by atoms with Crippen LogP contribution in [0.1, 0.15) is 0 Å². The molecule has 0 unspecified atom stereocenters. The van der Waals surface area contributed by atoms with Gasteiger partial charge < -0.3 is 4.74 Å². The maximum Gasteiger partial charge on any atom is 0.314 e. The second-order valence-electron chi connectivity index (χ2n) is 3.91. The van der Waals surface area contributed by atoms with E-state index in [1.165, 1.54) is 17.4 Å². The first-order valence-corrected chi connectivity index (χ1v) is 6.83. The van der Waals surface area contributed by atoms with E-state index < -0.39 is 16.4 Å². The van der Waals surface area contributed by atoms with Crippen molar-refractivity contribution in [1.29, 1.82) is 0 Å². The largest absolute Gasteiger partial charge is 0.431 e. The number of thiophene rings is 1. The third-order valence-electron chi connectivity index (χ3n) is 2.59. The Kier molecular flexibility index (Phi) is 3.40. The highest BCUT2D eigenvalue weighted by molar-refractivity contribution is 7.16. The fraction of sp³-hybridized carbons (Fsp3) is 0. The number of ether oxygens (including phenoxy) is 1. The molecule has 0 fully saturated rings. The smallest absolute Gasteiger partial charge is 0.314 e. The molecule has 0 spiro atoms. The number of hydrogen-bond acceptors (Lipinski definition) is 6. The summed E-state index contributed by atoms with van der Waals surface area (Å²) in [4.78, 5) is 18.7. The predicted molar refractivity (Wildman–Crippen MR) is 75.6 cm³/mol. The minimum absolute atomic E-state index is 0.0373. The van der Waals surface area contributed by atoms with Gasteiger partial charge in [0, 0.05) is 0 Å². The maximum atomic E-state index is 13.1. The molecule has 106 valence electrons. The van der Waals surface area contributed by atoms with Crippen LogP contribution < -0.4 is 4.74 Å². The van der Waals surface area contributed by atoms with Crippen molar-refractivity contribution < 1.29 is 14.1 Å². The van der Waals surface area contributed by atoms with Gasteiger partial charge in [0.15, 0.2) is 0 Å². The van der Waals surface area contributed by atoms with E-state index in [9.17, 15) is 14.5 Å². The van der Waals surface area contributed by atoms with E-state index in [2.05, 4.69) is 9.97 Å². The normalized spacial score (nSPS) is 10.8. The van der Waals surface area contributed by atoms with Crippen molar-refractivity contribution in [3.05, 3.63) is 50.9 Å². The summed E-state index contributed by atoms with van der Waals surface area (Å²) >= 11 is 7.11. The van der Waals surface area contributed by atoms with Gasteiger partial charge in [-0.15, -0.1) is 11.3 Å². The number of fused-ring (bicyclic) bond motifs is 1. The van der Waals surface area contributed by atoms with Crippen LogP contribution in [0.4, 0.5) is 10.1 Å². The monoisotopic (exact) mass is 325 g/mol. The van der Waals surface area contributed by atoms with Crippen LogP contribution in [-0.2, 0) is 0 Å². The van der Waals surface area contributed by atoms with Gasteiger partial charge in [-0.05, 0) is 35.2 Å². The van der Waals surface area contributed by atoms with Gasteiger partial charge >= 0.3 is 5.69 Å². The van der Waals surface area contributed by atoms with Crippen molar-refractivity contribution in [2.45, 2.75) is 0 Å². The van der Waals surface area contributed by atoms with Gasteiger partial charge in [0.25, 0.3) is 0 Å². The van der Waals surface area contributed by atoms with Gasteiger partial charge in [-0.25, -0.2) is 9.37 Å². The molecule has 0 amide bonds. The van der Waals surface area contributed by atoms with Gasteiger partial charge in [-0.3, -0.25) is 10.1 Å². The third-order valence-corrected chi connectivity index (χ3v) is 3.56. The zero-order valence-corrected chi connectivity index (χ0v) is 11.7. The molecule has 3 rings (SSSR count). The van der Waals surface area contributed by atoms with Gasteiger partial charge in [0.2, 0.25) is 16.9 Å². The predicted octanol–water partition coefficient (Wildman–Crippen LogP) is 4.18. The van der Waals surface area contributed by atoms with Crippen LogP contribution in [0.5, 0.6) is 11.6 Å². The number of rotatable bonds is 3. The van der Waals surface area contributed by atoms with E-state index in [1.807, 2.05) is 0 Å². The molecule has 0 saturated carbocycles. The standard InChI is InChI=1S/C12H5ClFN3O3S/c13-12-15-10(7-3-4-21-11(7)16-12)20-9-2-1-6(14)5-8(9)17(18)19/h1-5H. The summed E-state index contributed by atoms with van der Waals surface area (Å²) in [5, 5.41) is 13.2. The van der Waals surface area contributed by atoms with Gasteiger partial charge in [0.1, 0.15) is 10.6 Å². The van der Waals surface area contributed by atoms with Crippen molar-refractivity contribution >= 4 is 38.8 Å². The lowest BCUT2D eigenvalue weighted by Crippen LogP contribution is -1.96.